The number of carbonyl (C=O) groups is 2. The second-order valence-corrected chi connectivity index (χ2v) is 9.47. The number of benzene rings is 2. The molecule has 0 radical (unpaired) electrons. The molecule has 1 aliphatic rings. The molecule has 0 unspecified atom stereocenters. The van der Waals surface area contributed by atoms with Crippen LogP contribution in [-0.4, -0.2) is 46.4 Å². The molecule has 2 heterocycles. The summed E-state index contributed by atoms with van der Waals surface area (Å²) in [6.45, 7) is 3.87. The molecule has 1 saturated heterocycles. The quantitative estimate of drug-likeness (QED) is 0.259. The fourth-order valence-corrected chi connectivity index (χ4v) is 4.80. The predicted molar refractivity (Wildman–Crippen MR) is 143 cm³/mol. The first kappa shape index (κ1) is 27.0. The van der Waals surface area contributed by atoms with Gasteiger partial charge in [-0.05, 0) is 48.9 Å². The van der Waals surface area contributed by atoms with Gasteiger partial charge in [0.1, 0.15) is 18.2 Å². The summed E-state index contributed by atoms with van der Waals surface area (Å²) in [6, 6.07) is 11.3. The number of hydrogen-bond donors (Lipinski definition) is 2. The van der Waals surface area contributed by atoms with Crippen LogP contribution in [0.25, 0.3) is 10.8 Å². The Morgan fingerprint density at radius 2 is 1.97 bits per heavy atom. The number of amides is 2. The van der Waals surface area contributed by atoms with Crippen molar-refractivity contribution < 1.29 is 23.1 Å². The van der Waals surface area contributed by atoms with Crippen LogP contribution in [0.1, 0.15) is 38.5 Å². The number of likely N-dealkylation sites (tertiary alicyclic amines) is 1. The van der Waals surface area contributed by atoms with Gasteiger partial charge in [0, 0.05) is 29.8 Å². The van der Waals surface area contributed by atoms with Gasteiger partial charge in [0.15, 0.2) is 11.6 Å². The molecule has 0 bridgehead atoms. The first-order chi connectivity index (χ1) is 18.4. The second-order valence-electron chi connectivity index (χ2n) is 9.47. The molecule has 200 valence electrons. The molecule has 2 amide bonds. The molecule has 0 spiro atoms. The van der Waals surface area contributed by atoms with Gasteiger partial charge >= 0.3 is 0 Å². The highest BCUT2D eigenvalue weighted by Gasteiger charge is 2.42. The van der Waals surface area contributed by atoms with Crippen molar-refractivity contribution in [3.05, 3.63) is 79.0 Å². The van der Waals surface area contributed by atoms with E-state index in [1.54, 1.807) is 6.20 Å². The lowest BCUT2D eigenvalue weighted by Crippen LogP contribution is -2.49. The number of fused-ring (bicyclic) bond motifs is 1. The number of rotatable bonds is 12. The zero-order chi connectivity index (χ0) is 27.1. The molecule has 3 aromatic rings. The van der Waals surface area contributed by atoms with Crippen molar-refractivity contribution in [3.8, 4) is 5.88 Å². The van der Waals surface area contributed by atoms with E-state index in [0.29, 0.717) is 12.3 Å². The number of nitrogens with two attached hydrogens (primary N) is 1. The fraction of sp³-hybridized carbons (Fsp3) is 0.345. The normalized spacial score (nSPS) is 17.8. The molecule has 9 heteroatoms. The highest BCUT2D eigenvalue weighted by Crippen LogP contribution is 2.29. The van der Waals surface area contributed by atoms with Gasteiger partial charge in [-0.2, -0.15) is 0 Å². The number of ether oxygens (including phenoxy) is 1. The maximum atomic E-state index is 13.9. The zero-order valence-corrected chi connectivity index (χ0v) is 21.1. The molecule has 38 heavy (non-hydrogen) atoms. The van der Waals surface area contributed by atoms with Crippen LogP contribution < -0.4 is 15.8 Å². The molecule has 1 fully saturated rings. The number of allylic oxidation sites excluding steroid dienone is 1. The molecule has 0 aliphatic carbocycles. The van der Waals surface area contributed by atoms with Crippen molar-refractivity contribution in [2.75, 3.05) is 11.9 Å². The summed E-state index contributed by atoms with van der Waals surface area (Å²) in [7, 11) is 0. The van der Waals surface area contributed by atoms with Gasteiger partial charge in [-0.25, -0.2) is 13.8 Å². The summed E-state index contributed by atoms with van der Waals surface area (Å²) in [6.07, 6.45) is 7.04. The molecule has 2 aromatic carbocycles. The van der Waals surface area contributed by atoms with Gasteiger partial charge in [0.25, 0.3) is 0 Å². The molecule has 1 aromatic heterocycles. The first-order valence-corrected chi connectivity index (χ1v) is 12.8. The molecule has 7 nitrogen and oxygen atoms in total. The van der Waals surface area contributed by atoms with Crippen LogP contribution >= 0.6 is 0 Å². The molecule has 3 atom stereocenters. The molecular weight excluding hydrogens is 490 g/mol. The first-order valence-electron chi connectivity index (χ1n) is 12.8. The minimum Gasteiger partial charge on any atom is -0.472 e. The minimum atomic E-state index is -1.01. The third-order valence-electron chi connectivity index (χ3n) is 6.75. The van der Waals surface area contributed by atoms with Crippen LogP contribution in [0.15, 0.2) is 67.4 Å². The summed E-state index contributed by atoms with van der Waals surface area (Å²) < 4.78 is 33.5. The van der Waals surface area contributed by atoms with Crippen molar-refractivity contribution in [3.63, 3.8) is 0 Å². The lowest BCUT2D eigenvalue weighted by atomic mass is 10.0. The van der Waals surface area contributed by atoms with Crippen LogP contribution in [0.5, 0.6) is 5.88 Å². The number of hydrogen-bond acceptors (Lipinski definition) is 5. The van der Waals surface area contributed by atoms with Gasteiger partial charge in [-0.1, -0.05) is 37.1 Å². The number of pyridine rings is 1. The van der Waals surface area contributed by atoms with E-state index in [1.165, 1.54) is 11.0 Å². The number of anilines is 1. The van der Waals surface area contributed by atoms with Crippen molar-refractivity contribution in [1.82, 2.24) is 9.88 Å². The molecule has 0 saturated carbocycles. The van der Waals surface area contributed by atoms with E-state index in [1.807, 2.05) is 36.4 Å². The van der Waals surface area contributed by atoms with E-state index in [4.69, 9.17) is 10.5 Å². The smallest absolute Gasteiger partial charge is 0.245 e. The van der Waals surface area contributed by atoms with Crippen molar-refractivity contribution in [1.29, 1.82) is 0 Å². The van der Waals surface area contributed by atoms with Crippen LogP contribution in [-0.2, 0) is 9.59 Å². The Bertz CT molecular complexity index is 1300. The summed E-state index contributed by atoms with van der Waals surface area (Å²) in [5, 5.41) is 4.83. The van der Waals surface area contributed by atoms with E-state index in [0.717, 1.165) is 48.6 Å². The number of nitrogens with one attached hydrogen (secondary N) is 1. The van der Waals surface area contributed by atoms with Gasteiger partial charge in [0.2, 0.25) is 17.7 Å². The minimum absolute atomic E-state index is 0.143. The van der Waals surface area contributed by atoms with Crippen molar-refractivity contribution in [2.45, 2.75) is 56.7 Å². The molecule has 1 aliphatic heterocycles. The topological polar surface area (TPSA) is 97.6 Å². The average molecular weight is 523 g/mol. The van der Waals surface area contributed by atoms with E-state index in [2.05, 4.69) is 16.9 Å². The van der Waals surface area contributed by atoms with E-state index >= 15 is 0 Å². The Kier molecular flexibility index (Phi) is 8.89. The summed E-state index contributed by atoms with van der Waals surface area (Å²) in [5.41, 5.74) is 5.97. The van der Waals surface area contributed by atoms with Crippen LogP contribution in [0.3, 0.4) is 0 Å². The standard InChI is InChI=1S/C29H32F2N4O3/c1-2-3-4-5-6-11-25(34-20-12-13-23(30)24(31)16-20)29(37)35-18-21(17-26(35)27(32)36)38-28-22-10-8-7-9-19(22)14-15-33-28/h2,7-10,12-16,21,25-26,34H,1,3-6,11,17-18H2,(H2,32,36)/t21-,25+,26+/m1/s1. The highest BCUT2D eigenvalue weighted by atomic mass is 19.2. The number of primary amides is 1. The number of halogens is 2. The average Bonchev–Trinajstić information content (AvgIpc) is 3.34. The molecule has 4 rings (SSSR count). The summed E-state index contributed by atoms with van der Waals surface area (Å²) in [5.74, 6) is -2.55. The van der Waals surface area contributed by atoms with Gasteiger partial charge in [0.05, 0.1) is 6.54 Å². The Morgan fingerprint density at radius 3 is 2.74 bits per heavy atom. The Morgan fingerprint density at radius 1 is 1.16 bits per heavy atom. The Labute approximate surface area is 220 Å². The largest absolute Gasteiger partial charge is 0.472 e. The monoisotopic (exact) mass is 522 g/mol. The third kappa shape index (κ3) is 6.45. The zero-order valence-electron chi connectivity index (χ0n) is 21.1. The predicted octanol–water partition coefficient (Wildman–Crippen LogP) is 4.96. The van der Waals surface area contributed by atoms with Crippen molar-refractivity contribution in [2.24, 2.45) is 5.73 Å². The highest BCUT2D eigenvalue weighted by molar-refractivity contribution is 5.91. The Balaban J connectivity index is 1.52. The molecule has 3 N–H and O–H groups in total. The van der Waals surface area contributed by atoms with Crippen LogP contribution in [0.2, 0.25) is 0 Å². The number of carbonyl (C=O) groups excluding carboxylic acids is 2. The lowest BCUT2D eigenvalue weighted by molar-refractivity contribution is -0.138. The number of unbranched alkanes of at least 4 members (excludes halogenated alkanes) is 3. The number of aromatic nitrogens is 1. The SMILES string of the molecule is C=CCCCCC[C@H](Nc1ccc(F)c(F)c1)C(=O)N1C[C@H](Oc2nccc3ccccc23)C[C@H]1C(N)=O. The third-order valence-corrected chi connectivity index (χ3v) is 6.75. The lowest BCUT2D eigenvalue weighted by Gasteiger charge is -2.28. The summed E-state index contributed by atoms with van der Waals surface area (Å²) in [4.78, 5) is 31.9. The maximum Gasteiger partial charge on any atom is 0.245 e. The Hall–Kier alpha value is -4.01. The van der Waals surface area contributed by atoms with Crippen LogP contribution in [0.4, 0.5) is 14.5 Å². The second kappa shape index (κ2) is 12.5. The van der Waals surface area contributed by atoms with Gasteiger partial charge in [-0.15, -0.1) is 6.58 Å². The summed E-state index contributed by atoms with van der Waals surface area (Å²) >= 11 is 0. The van der Waals surface area contributed by atoms with Gasteiger partial charge < -0.3 is 20.7 Å². The van der Waals surface area contributed by atoms with E-state index in [9.17, 15) is 18.4 Å². The number of nitrogens with zero attached hydrogens (tertiary/aromatic N) is 2. The molecular formula is C29H32F2N4O3. The van der Waals surface area contributed by atoms with Crippen molar-refractivity contribution >= 4 is 28.3 Å². The van der Waals surface area contributed by atoms with E-state index < -0.39 is 35.7 Å². The fourth-order valence-electron chi connectivity index (χ4n) is 4.80. The van der Waals surface area contributed by atoms with Crippen LogP contribution in [0, 0.1) is 11.6 Å². The maximum absolute atomic E-state index is 13.9. The van der Waals surface area contributed by atoms with Gasteiger partial charge in [-0.3, -0.25) is 9.59 Å². The van der Waals surface area contributed by atoms with E-state index in [-0.39, 0.29) is 24.6 Å².